The lowest BCUT2D eigenvalue weighted by Crippen LogP contribution is -2.36. The van der Waals surface area contributed by atoms with Crippen LogP contribution in [0.5, 0.6) is 0 Å². The van der Waals surface area contributed by atoms with E-state index in [0.717, 1.165) is 44.5 Å². The Hall–Kier alpha value is -0.940. The first-order chi connectivity index (χ1) is 9.58. The van der Waals surface area contributed by atoms with E-state index in [1.807, 2.05) is 0 Å². The number of hydrogen-bond donors (Lipinski definition) is 1. The molecule has 1 N–H and O–H groups in total. The van der Waals surface area contributed by atoms with Gasteiger partial charge in [0.15, 0.2) is 0 Å². The fourth-order valence-corrected chi connectivity index (χ4v) is 3.69. The van der Waals surface area contributed by atoms with Crippen molar-refractivity contribution < 1.29 is 9.26 Å². The molecule has 0 radical (unpaired) electrons. The minimum absolute atomic E-state index is 0.166. The third-order valence-corrected chi connectivity index (χ3v) is 5.02. The smallest absolute Gasteiger partial charge is 0.246 e. The number of ether oxygens (including phenoxy) is 1. The van der Waals surface area contributed by atoms with Gasteiger partial charge in [-0.25, -0.2) is 0 Å². The van der Waals surface area contributed by atoms with Gasteiger partial charge < -0.3 is 14.6 Å². The van der Waals surface area contributed by atoms with E-state index in [1.165, 1.54) is 6.42 Å². The van der Waals surface area contributed by atoms with Gasteiger partial charge in [0.05, 0.1) is 5.54 Å². The van der Waals surface area contributed by atoms with Crippen LogP contribution in [0.2, 0.25) is 0 Å². The number of methoxy groups -OCH3 is 1. The van der Waals surface area contributed by atoms with Gasteiger partial charge >= 0.3 is 0 Å². The van der Waals surface area contributed by atoms with Gasteiger partial charge in [-0.1, -0.05) is 18.5 Å². The predicted octanol–water partition coefficient (Wildman–Crippen LogP) is 2.72. The molecule has 3 atom stereocenters. The molecular weight excluding hydrogens is 254 g/mol. The van der Waals surface area contributed by atoms with Gasteiger partial charge in [-0.05, 0) is 51.5 Å². The van der Waals surface area contributed by atoms with Gasteiger partial charge in [0.1, 0.15) is 5.60 Å². The molecule has 5 heteroatoms. The Morgan fingerprint density at radius 1 is 1.35 bits per heavy atom. The van der Waals surface area contributed by atoms with Crippen molar-refractivity contribution >= 4 is 0 Å². The summed E-state index contributed by atoms with van der Waals surface area (Å²) >= 11 is 0. The minimum atomic E-state index is -0.353. The Morgan fingerprint density at radius 3 is 2.85 bits per heavy atom. The molecule has 0 aromatic carbocycles. The highest BCUT2D eigenvalue weighted by molar-refractivity contribution is 5.09. The largest absolute Gasteiger partial charge is 0.370 e. The topological polar surface area (TPSA) is 60.2 Å². The summed E-state index contributed by atoms with van der Waals surface area (Å²) in [6.45, 7) is 5.43. The second-order valence-electron chi connectivity index (χ2n) is 6.69. The fraction of sp³-hybridized carbons (Fsp3) is 0.867. The van der Waals surface area contributed by atoms with Crippen LogP contribution < -0.4 is 5.32 Å². The lowest BCUT2D eigenvalue weighted by molar-refractivity contribution is -0.0658. The van der Waals surface area contributed by atoms with Crippen LogP contribution >= 0.6 is 0 Å². The van der Waals surface area contributed by atoms with Gasteiger partial charge in [-0.15, -0.1) is 0 Å². The van der Waals surface area contributed by atoms with E-state index in [9.17, 15) is 0 Å². The van der Waals surface area contributed by atoms with Gasteiger partial charge in [-0.3, -0.25) is 0 Å². The predicted molar refractivity (Wildman–Crippen MR) is 75.2 cm³/mol. The maximum absolute atomic E-state index is 5.84. The summed E-state index contributed by atoms with van der Waals surface area (Å²) in [5, 5.41) is 7.72. The maximum atomic E-state index is 5.84. The van der Waals surface area contributed by atoms with Crippen molar-refractivity contribution in [1.29, 1.82) is 0 Å². The third-order valence-electron chi connectivity index (χ3n) is 5.02. The van der Waals surface area contributed by atoms with Crippen molar-refractivity contribution in [3.63, 3.8) is 0 Å². The fourth-order valence-electron chi connectivity index (χ4n) is 3.69. The molecule has 112 valence electrons. The molecule has 1 saturated heterocycles. The highest BCUT2D eigenvalue weighted by atomic mass is 16.5. The highest BCUT2D eigenvalue weighted by Crippen LogP contribution is 2.42. The third kappa shape index (κ3) is 2.27. The Kier molecular flexibility index (Phi) is 3.58. The zero-order chi connectivity index (χ0) is 14.2. The van der Waals surface area contributed by atoms with E-state index >= 15 is 0 Å². The van der Waals surface area contributed by atoms with Crippen molar-refractivity contribution in [2.75, 3.05) is 13.7 Å². The molecule has 2 heterocycles. The molecule has 0 bridgehead atoms. The first-order valence-electron chi connectivity index (χ1n) is 7.73. The van der Waals surface area contributed by atoms with Crippen molar-refractivity contribution in [1.82, 2.24) is 15.5 Å². The van der Waals surface area contributed by atoms with Crippen LogP contribution in [-0.2, 0) is 15.9 Å². The molecule has 1 saturated carbocycles. The molecule has 3 rings (SSSR count). The van der Waals surface area contributed by atoms with Crippen LogP contribution in [0.1, 0.15) is 64.1 Å². The van der Waals surface area contributed by atoms with Gasteiger partial charge in [-0.2, -0.15) is 4.98 Å². The van der Waals surface area contributed by atoms with E-state index < -0.39 is 0 Å². The van der Waals surface area contributed by atoms with Crippen molar-refractivity contribution in [3.8, 4) is 0 Å². The first kappa shape index (κ1) is 14.0. The SMILES string of the molecule is COC1(c2noc(C3(C)CCCN3)n2)CCCC(C)C1. The summed E-state index contributed by atoms with van der Waals surface area (Å²) in [6, 6.07) is 0. The van der Waals surface area contributed by atoms with E-state index in [2.05, 4.69) is 24.3 Å². The second-order valence-corrected chi connectivity index (χ2v) is 6.69. The van der Waals surface area contributed by atoms with Crippen LogP contribution in [0.25, 0.3) is 0 Å². The average Bonchev–Trinajstić information content (AvgIpc) is 3.08. The average molecular weight is 279 g/mol. The second kappa shape index (κ2) is 5.11. The van der Waals surface area contributed by atoms with E-state index in [1.54, 1.807) is 7.11 Å². The standard InChI is InChI=1S/C15H25N3O2/c1-11-6-4-8-15(10-11,19-3)12-17-13(20-18-12)14(2)7-5-9-16-14/h11,16H,4-10H2,1-3H3. The molecule has 0 spiro atoms. The van der Waals surface area contributed by atoms with Gasteiger partial charge in [0, 0.05) is 7.11 Å². The molecule has 2 aliphatic rings. The summed E-state index contributed by atoms with van der Waals surface area (Å²) in [6.07, 6.45) is 6.58. The first-order valence-corrected chi connectivity index (χ1v) is 7.73. The summed E-state index contributed by atoms with van der Waals surface area (Å²) in [5.74, 6) is 2.09. The van der Waals surface area contributed by atoms with Crippen LogP contribution in [0.3, 0.4) is 0 Å². The minimum Gasteiger partial charge on any atom is -0.370 e. The van der Waals surface area contributed by atoms with E-state index in [4.69, 9.17) is 14.2 Å². The molecule has 1 aliphatic heterocycles. The molecule has 5 nitrogen and oxygen atoms in total. The van der Waals surface area contributed by atoms with Crippen molar-refractivity contribution in [2.24, 2.45) is 5.92 Å². The summed E-state index contributed by atoms with van der Waals surface area (Å²) < 4.78 is 11.4. The highest BCUT2D eigenvalue weighted by Gasteiger charge is 2.43. The Balaban J connectivity index is 1.88. The molecule has 1 aliphatic carbocycles. The zero-order valence-electron chi connectivity index (χ0n) is 12.7. The summed E-state index contributed by atoms with van der Waals surface area (Å²) in [5.41, 5.74) is -0.519. The Bertz CT molecular complexity index is 467. The molecular formula is C15H25N3O2. The van der Waals surface area contributed by atoms with Crippen LogP contribution in [0, 0.1) is 5.92 Å². The number of nitrogens with zero attached hydrogens (tertiary/aromatic N) is 2. The van der Waals surface area contributed by atoms with Crippen molar-refractivity contribution in [3.05, 3.63) is 11.7 Å². The number of nitrogens with one attached hydrogen (secondary N) is 1. The van der Waals surface area contributed by atoms with Crippen LogP contribution in [-0.4, -0.2) is 23.8 Å². The monoisotopic (exact) mass is 279 g/mol. The normalized spacial score (nSPS) is 38.2. The maximum Gasteiger partial charge on any atom is 0.246 e. The lowest BCUT2D eigenvalue weighted by Gasteiger charge is -2.36. The van der Waals surface area contributed by atoms with E-state index in [-0.39, 0.29) is 11.1 Å². The Morgan fingerprint density at radius 2 is 2.20 bits per heavy atom. The lowest BCUT2D eigenvalue weighted by atomic mass is 9.78. The number of aromatic nitrogens is 2. The zero-order valence-corrected chi connectivity index (χ0v) is 12.7. The van der Waals surface area contributed by atoms with Crippen LogP contribution in [0.4, 0.5) is 0 Å². The molecule has 0 amide bonds. The molecule has 3 unspecified atom stereocenters. The molecule has 20 heavy (non-hydrogen) atoms. The summed E-state index contributed by atoms with van der Waals surface area (Å²) in [4.78, 5) is 4.70. The van der Waals surface area contributed by atoms with Crippen molar-refractivity contribution in [2.45, 2.75) is 63.5 Å². The Labute approximate surface area is 120 Å². The summed E-state index contributed by atoms with van der Waals surface area (Å²) in [7, 11) is 1.77. The van der Waals surface area contributed by atoms with Crippen LogP contribution in [0.15, 0.2) is 4.52 Å². The number of rotatable bonds is 3. The van der Waals surface area contributed by atoms with Gasteiger partial charge in [0.25, 0.3) is 0 Å². The van der Waals surface area contributed by atoms with E-state index in [0.29, 0.717) is 11.8 Å². The quantitative estimate of drug-likeness (QED) is 0.922. The number of hydrogen-bond acceptors (Lipinski definition) is 5. The molecule has 1 aromatic heterocycles. The molecule has 1 aromatic rings. The molecule has 2 fully saturated rings. The van der Waals surface area contributed by atoms with Gasteiger partial charge in [0.2, 0.25) is 11.7 Å².